The minimum atomic E-state index is -1.17. The molecule has 0 bridgehead atoms. The van der Waals surface area contributed by atoms with E-state index in [0.717, 1.165) is 41.5 Å². The normalized spacial score (nSPS) is 19.0. The van der Waals surface area contributed by atoms with Gasteiger partial charge in [0.05, 0.1) is 6.42 Å². The molecule has 178 valence electrons. The Labute approximate surface area is 197 Å². The number of carboxylic acids is 1. The van der Waals surface area contributed by atoms with Crippen molar-refractivity contribution in [2.24, 2.45) is 0 Å². The molecule has 2 aliphatic heterocycles. The van der Waals surface area contributed by atoms with Gasteiger partial charge in [-0.05, 0) is 41.5 Å². The number of carbonyl (C=O) groups is 3. The van der Waals surface area contributed by atoms with Crippen LogP contribution in [0.5, 0.6) is 0 Å². The molecule has 8 heteroatoms. The number of ether oxygens (including phenoxy) is 2. The standard InChI is InChI=1S/C26H28N2O6/c29-23(30)15-22(24(31)28-12-9-26(28)10-13-33-14-11-26)27-25(32)34-16-21-19-7-3-1-5-17(19)18-6-2-4-8-20(18)21/h1-8,21-22H,9-16H2,(H,27,32)(H,29,30). The van der Waals surface area contributed by atoms with Gasteiger partial charge in [-0.1, -0.05) is 48.5 Å². The van der Waals surface area contributed by atoms with Crippen molar-refractivity contribution in [3.8, 4) is 11.1 Å². The number of nitrogens with one attached hydrogen (secondary N) is 1. The van der Waals surface area contributed by atoms with Gasteiger partial charge in [0.25, 0.3) is 0 Å². The van der Waals surface area contributed by atoms with Crippen LogP contribution in [0.25, 0.3) is 11.1 Å². The van der Waals surface area contributed by atoms with E-state index in [1.807, 2.05) is 36.4 Å². The van der Waals surface area contributed by atoms with Crippen molar-refractivity contribution in [3.05, 3.63) is 59.7 Å². The second-order valence-electron chi connectivity index (χ2n) is 9.20. The van der Waals surface area contributed by atoms with Crippen LogP contribution in [0.1, 0.15) is 42.7 Å². The van der Waals surface area contributed by atoms with E-state index < -0.39 is 24.5 Å². The smallest absolute Gasteiger partial charge is 0.407 e. The number of benzene rings is 2. The van der Waals surface area contributed by atoms with Gasteiger partial charge in [-0.2, -0.15) is 0 Å². The molecular weight excluding hydrogens is 436 g/mol. The van der Waals surface area contributed by atoms with E-state index in [1.54, 1.807) is 4.90 Å². The van der Waals surface area contributed by atoms with Gasteiger partial charge in [-0.25, -0.2) is 4.79 Å². The Morgan fingerprint density at radius 1 is 1.03 bits per heavy atom. The summed E-state index contributed by atoms with van der Waals surface area (Å²) < 4.78 is 11.0. The zero-order chi connectivity index (χ0) is 23.7. The molecule has 2 fully saturated rings. The van der Waals surface area contributed by atoms with Crippen LogP contribution in [0.3, 0.4) is 0 Å². The Bertz CT molecular complexity index is 1060. The van der Waals surface area contributed by atoms with Gasteiger partial charge in [0.1, 0.15) is 12.6 Å². The topological polar surface area (TPSA) is 105 Å². The number of nitrogens with zero attached hydrogens (tertiary/aromatic N) is 1. The Hall–Kier alpha value is -3.39. The van der Waals surface area contributed by atoms with E-state index in [0.29, 0.717) is 19.8 Å². The molecule has 1 aliphatic carbocycles. The highest BCUT2D eigenvalue weighted by molar-refractivity contribution is 5.90. The third-order valence-corrected chi connectivity index (χ3v) is 7.38. The minimum absolute atomic E-state index is 0.0961. The maximum Gasteiger partial charge on any atom is 0.407 e. The fourth-order valence-electron chi connectivity index (χ4n) is 5.50. The summed E-state index contributed by atoms with van der Waals surface area (Å²) in [4.78, 5) is 39.1. The molecule has 2 heterocycles. The first kappa shape index (κ1) is 22.4. The van der Waals surface area contributed by atoms with Crippen molar-refractivity contribution in [1.82, 2.24) is 10.2 Å². The SMILES string of the molecule is O=C(O)CC(NC(=O)OCC1c2ccccc2-c2ccccc21)C(=O)N1CCC12CCOCC2. The largest absolute Gasteiger partial charge is 0.481 e. The maximum atomic E-state index is 13.2. The summed E-state index contributed by atoms with van der Waals surface area (Å²) in [6.07, 6.45) is 1.04. The highest BCUT2D eigenvalue weighted by Crippen LogP contribution is 2.44. The summed E-state index contributed by atoms with van der Waals surface area (Å²) in [6, 6.07) is 14.8. The number of amides is 2. The zero-order valence-corrected chi connectivity index (χ0v) is 18.9. The van der Waals surface area contributed by atoms with Gasteiger partial charge in [0.15, 0.2) is 0 Å². The number of likely N-dealkylation sites (tertiary alicyclic amines) is 1. The average Bonchev–Trinajstić information content (AvgIpc) is 3.15. The molecule has 2 aromatic rings. The molecule has 8 nitrogen and oxygen atoms in total. The first-order valence-electron chi connectivity index (χ1n) is 11.7. The van der Waals surface area contributed by atoms with Crippen molar-refractivity contribution >= 4 is 18.0 Å². The first-order chi connectivity index (χ1) is 16.5. The lowest BCUT2D eigenvalue weighted by Gasteiger charge is -2.55. The van der Waals surface area contributed by atoms with Gasteiger partial charge in [0.2, 0.25) is 5.91 Å². The quantitative estimate of drug-likeness (QED) is 0.681. The van der Waals surface area contributed by atoms with Crippen molar-refractivity contribution in [3.63, 3.8) is 0 Å². The van der Waals surface area contributed by atoms with E-state index in [9.17, 15) is 19.5 Å². The summed E-state index contributed by atoms with van der Waals surface area (Å²) in [5, 5.41) is 11.9. The molecule has 5 rings (SSSR count). The maximum absolute atomic E-state index is 13.2. The average molecular weight is 465 g/mol. The number of hydrogen-bond donors (Lipinski definition) is 2. The monoisotopic (exact) mass is 464 g/mol. The minimum Gasteiger partial charge on any atom is -0.481 e. The van der Waals surface area contributed by atoms with E-state index in [-0.39, 0.29) is 24.0 Å². The van der Waals surface area contributed by atoms with E-state index >= 15 is 0 Å². The molecular formula is C26H28N2O6. The Kier molecular flexibility index (Phi) is 6.00. The van der Waals surface area contributed by atoms with Crippen LogP contribution in [-0.2, 0) is 19.1 Å². The summed E-state index contributed by atoms with van der Waals surface area (Å²) >= 11 is 0. The number of rotatable bonds is 6. The number of aliphatic carboxylic acids is 1. The summed E-state index contributed by atoms with van der Waals surface area (Å²) in [5.41, 5.74) is 4.11. The molecule has 2 saturated heterocycles. The van der Waals surface area contributed by atoms with Crippen LogP contribution in [-0.4, -0.2) is 65.9 Å². The second kappa shape index (κ2) is 9.10. The molecule has 1 unspecified atom stereocenters. The van der Waals surface area contributed by atoms with Crippen molar-refractivity contribution in [2.45, 2.75) is 43.2 Å². The second-order valence-corrected chi connectivity index (χ2v) is 9.20. The van der Waals surface area contributed by atoms with Crippen molar-refractivity contribution in [1.29, 1.82) is 0 Å². The lowest BCUT2D eigenvalue weighted by Crippen LogP contribution is -2.67. The zero-order valence-electron chi connectivity index (χ0n) is 18.9. The highest BCUT2D eigenvalue weighted by atomic mass is 16.5. The van der Waals surface area contributed by atoms with E-state index in [2.05, 4.69) is 17.4 Å². The van der Waals surface area contributed by atoms with Crippen molar-refractivity contribution < 1.29 is 29.0 Å². The Morgan fingerprint density at radius 3 is 2.21 bits per heavy atom. The molecule has 0 aromatic heterocycles. The predicted octanol–water partition coefficient (Wildman–Crippen LogP) is 3.15. The van der Waals surface area contributed by atoms with Crippen LogP contribution in [0, 0.1) is 0 Å². The molecule has 1 atom stereocenters. The molecule has 2 aromatic carbocycles. The van der Waals surface area contributed by atoms with Crippen LogP contribution < -0.4 is 5.32 Å². The van der Waals surface area contributed by atoms with Gasteiger partial charge < -0.3 is 24.8 Å². The third kappa shape index (κ3) is 4.03. The number of fused-ring (bicyclic) bond motifs is 3. The fraction of sp³-hybridized carbons (Fsp3) is 0.423. The summed E-state index contributed by atoms with van der Waals surface area (Å²) in [5.74, 6) is -1.64. The molecule has 2 N–H and O–H groups in total. The number of hydrogen-bond acceptors (Lipinski definition) is 5. The molecule has 0 saturated carbocycles. The Morgan fingerprint density at radius 2 is 1.65 bits per heavy atom. The summed E-state index contributed by atoms with van der Waals surface area (Å²) in [6.45, 7) is 1.81. The highest BCUT2D eigenvalue weighted by Gasteiger charge is 2.49. The number of carbonyl (C=O) groups excluding carboxylic acids is 2. The lowest BCUT2D eigenvalue weighted by molar-refractivity contribution is -0.160. The molecule has 2 amide bonds. The predicted molar refractivity (Wildman–Crippen MR) is 123 cm³/mol. The van der Waals surface area contributed by atoms with Crippen LogP contribution in [0.15, 0.2) is 48.5 Å². The van der Waals surface area contributed by atoms with Gasteiger partial charge in [-0.3, -0.25) is 9.59 Å². The number of carboxylic acid groups (broad SMARTS) is 1. The third-order valence-electron chi connectivity index (χ3n) is 7.38. The summed E-state index contributed by atoms with van der Waals surface area (Å²) in [7, 11) is 0. The molecule has 1 spiro atoms. The van der Waals surface area contributed by atoms with E-state index in [1.165, 1.54) is 0 Å². The fourth-order valence-corrected chi connectivity index (χ4v) is 5.50. The van der Waals surface area contributed by atoms with Gasteiger partial charge in [0, 0.05) is 31.2 Å². The number of alkyl carbamates (subject to hydrolysis) is 1. The van der Waals surface area contributed by atoms with Gasteiger partial charge >= 0.3 is 12.1 Å². The Balaban J connectivity index is 1.26. The molecule has 34 heavy (non-hydrogen) atoms. The first-order valence-corrected chi connectivity index (χ1v) is 11.7. The molecule has 3 aliphatic rings. The lowest BCUT2D eigenvalue weighted by atomic mass is 9.77. The molecule has 0 radical (unpaired) electrons. The van der Waals surface area contributed by atoms with E-state index in [4.69, 9.17) is 9.47 Å². The van der Waals surface area contributed by atoms with Crippen LogP contribution in [0.4, 0.5) is 4.79 Å². The van der Waals surface area contributed by atoms with Crippen molar-refractivity contribution in [2.75, 3.05) is 26.4 Å². The van der Waals surface area contributed by atoms with Gasteiger partial charge in [-0.15, -0.1) is 0 Å². The van der Waals surface area contributed by atoms with Crippen LogP contribution >= 0.6 is 0 Å². The van der Waals surface area contributed by atoms with Crippen LogP contribution in [0.2, 0.25) is 0 Å².